The number of phenols is 1. The predicted octanol–water partition coefficient (Wildman–Crippen LogP) is 1.36. The number of likely N-dealkylation sites (N-methyl/N-ethyl adjacent to an activating group) is 1. The zero-order chi connectivity index (χ0) is 10.8. The number of ether oxygens (including phenoxy) is 2. The van der Waals surface area contributed by atoms with Crippen molar-refractivity contribution in [3.05, 3.63) is 23.8 Å². The van der Waals surface area contributed by atoms with E-state index in [2.05, 4.69) is 4.90 Å². The third-order valence-electron chi connectivity index (χ3n) is 2.61. The summed E-state index contributed by atoms with van der Waals surface area (Å²) < 4.78 is 10.5. The molecule has 1 aliphatic rings. The maximum atomic E-state index is 9.64. The molecule has 4 nitrogen and oxygen atoms in total. The molecule has 1 fully saturated rings. The Kier molecular flexibility index (Phi) is 2.79. The quantitative estimate of drug-likeness (QED) is 0.798. The number of nitrogens with zero attached hydrogens (tertiary/aromatic N) is 1. The molecule has 1 atom stereocenters. The largest absolute Gasteiger partial charge is 0.504 e. The van der Waals surface area contributed by atoms with Crippen LogP contribution in [0.2, 0.25) is 0 Å². The summed E-state index contributed by atoms with van der Waals surface area (Å²) in [7, 11) is 3.53. The third kappa shape index (κ3) is 1.91. The highest BCUT2D eigenvalue weighted by molar-refractivity contribution is 5.42. The van der Waals surface area contributed by atoms with Crippen molar-refractivity contribution in [3.8, 4) is 11.5 Å². The molecule has 0 radical (unpaired) electrons. The van der Waals surface area contributed by atoms with Crippen LogP contribution in [0.1, 0.15) is 11.8 Å². The van der Waals surface area contributed by atoms with Gasteiger partial charge < -0.3 is 14.6 Å². The molecular weight excluding hydrogens is 194 g/mol. The number of aromatic hydroxyl groups is 1. The minimum Gasteiger partial charge on any atom is -0.504 e. The predicted molar refractivity (Wildman–Crippen MR) is 56.0 cm³/mol. The molecule has 0 amide bonds. The SMILES string of the molecule is COc1ccc(C2OCCN2C)cc1O. The highest BCUT2D eigenvalue weighted by Crippen LogP contribution is 2.32. The monoisotopic (exact) mass is 209 g/mol. The van der Waals surface area contributed by atoms with Crippen molar-refractivity contribution in [2.24, 2.45) is 0 Å². The van der Waals surface area contributed by atoms with Gasteiger partial charge in [-0.05, 0) is 24.7 Å². The van der Waals surface area contributed by atoms with E-state index < -0.39 is 0 Å². The fourth-order valence-electron chi connectivity index (χ4n) is 1.76. The van der Waals surface area contributed by atoms with Gasteiger partial charge in [-0.1, -0.05) is 6.07 Å². The van der Waals surface area contributed by atoms with Crippen LogP contribution in [0, 0.1) is 0 Å². The van der Waals surface area contributed by atoms with Gasteiger partial charge in [0.2, 0.25) is 0 Å². The first kappa shape index (κ1) is 10.3. The van der Waals surface area contributed by atoms with Gasteiger partial charge >= 0.3 is 0 Å². The summed E-state index contributed by atoms with van der Waals surface area (Å²) in [5, 5.41) is 9.64. The van der Waals surface area contributed by atoms with Crippen molar-refractivity contribution in [3.63, 3.8) is 0 Å². The van der Waals surface area contributed by atoms with E-state index in [1.165, 1.54) is 7.11 Å². The molecule has 2 rings (SSSR count). The molecule has 1 aliphatic heterocycles. The number of benzene rings is 1. The minimum absolute atomic E-state index is 0.0539. The highest BCUT2D eigenvalue weighted by Gasteiger charge is 2.23. The van der Waals surface area contributed by atoms with Gasteiger partial charge in [-0.3, -0.25) is 4.90 Å². The van der Waals surface area contributed by atoms with Gasteiger partial charge in [0.25, 0.3) is 0 Å². The summed E-state index contributed by atoms with van der Waals surface area (Å²) in [6.45, 7) is 1.64. The average Bonchev–Trinajstić information content (AvgIpc) is 2.64. The zero-order valence-electron chi connectivity index (χ0n) is 8.93. The molecule has 0 bridgehead atoms. The van der Waals surface area contributed by atoms with Gasteiger partial charge in [0.05, 0.1) is 13.7 Å². The number of phenolic OH excluding ortho intramolecular Hbond substituents is 1. The fraction of sp³-hybridized carbons (Fsp3) is 0.455. The second-order valence-electron chi connectivity index (χ2n) is 3.64. The Hall–Kier alpha value is -1.26. The van der Waals surface area contributed by atoms with Crippen LogP contribution < -0.4 is 4.74 Å². The lowest BCUT2D eigenvalue weighted by Crippen LogP contribution is -2.18. The lowest BCUT2D eigenvalue weighted by atomic mass is 10.1. The molecular formula is C11H15NO3. The Bertz CT molecular complexity index is 354. The fourth-order valence-corrected chi connectivity index (χ4v) is 1.76. The Morgan fingerprint density at radius 3 is 2.87 bits per heavy atom. The van der Waals surface area contributed by atoms with Gasteiger partial charge in [0.1, 0.15) is 6.23 Å². The lowest BCUT2D eigenvalue weighted by molar-refractivity contribution is 0.0451. The van der Waals surface area contributed by atoms with E-state index in [9.17, 15) is 5.11 Å². The smallest absolute Gasteiger partial charge is 0.160 e. The summed E-state index contributed by atoms with van der Waals surface area (Å²) in [6.07, 6.45) is -0.0539. The maximum absolute atomic E-state index is 9.64. The minimum atomic E-state index is -0.0539. The van der Waals surface area contributed by atoms with Crippen molar-refractivity contribution in [1.29, 1.82) is 0 Å². The summed E-state index contributed by atoms with van der Waals surface area (Å²) >= 11 is 0. The lowest BCUT2D eigenvalue weighted by Gasteiger charge is -2.18. The molecule has 0 aliphatic carbocycles. The molecule has 82 valence electrons. The average molecular weight is 209 g/mol. The second kappa shape index (κ2) is 4.08. The number of hydrogen-bond acceptors (Lipinski definition) is 4. The first-order valence-corrected chi connectivity index (χ1v) is 4.91. The summed E-state index contributed by atoms with van der Waals surface area (Å²) in [6, 6.07) is 5.34. The number of methoxy groups -OCH3 is 1. The molecule has 1 aromatic carbocycles. The summed E-state index contributed by atoms with van der Waals surface area (Å²) in [4.78, 5) is 2.10. The molecule has 0 aromatic heterocycles. The normalized spacial score (nSPS) is 21.9. The van der Waals surface area contributed by atoms with E-state index in [0.29, 0.717) is 5.75 Å². The number of hydrogen-bond donors (Lipinski definition) is 1. The van der Waals surface area contributed by atoms with Crippen LogP contribution >= 0.6 is 0 Å². The van der Waals surface area contributed by atoms with Crippen LogP contribution in [0.15, 0.2) is 18.2 Å². The summed E-state index contributed by atoms with van der Waals surface area (Å²) in [5.41, 5.74) is 0.952. The van der Waals surface area contributed by atoms with Crippen molar-refractivity contribution in [1.82, 2.24) is 4.90 Å². The Morgan fingerprint density at radius 1 is 1.53 bits per heavy atom. The Balaban J connectivity index is 2.25. The van der Waals surface area contributed by atoms with E-state index in [1.807, 2.05) is 13.1 Å². The standard InChI is InChI=1S/C11H15NO3/c1-12-5-6-15-11(12)8-3-4-10(14-2)9(13)7-8/h3-4,7,11,13H,5-6H2,1-2H3. The Labute approximate surface area is 89.0 Å². The molecule has 0 saturated carbocycles. The molecule has 1 heterocycles. The highest BCUT2D eigenvalue weighted by atomic mass is 16.5. The van der Waals surface area contributed by atoms with Gasteiger partial charge in [0.15, 0.2) is 11.5 Å². The van der Waals surface area contributed by atoms with Crippen LogP contribution in [0.3, 0.4) is 0 Å². The van der Waals surface area contributed by atoms with Crippen molar-refractivity contribution < 1.29 is 14.6 Å². The van der Waals surface area contributed by atoms with Crippen LogP contribution in [-0.2, 0) is 4.74 Å². The number of rotatable bonds is 2. The van der Waals surface area contributed by atoms with Crippen molar-refractivity contribution in [2.45, 2.75) is 6.23 Å². The maximum Gasteiger partial charge on any atom is 0.160 e. The van der Waals surface area contributed by atoms with Crippen LogP contribution in [-0.4, -0.2) is 37.3 Å². The first-order valence-electron chi connectivity index (χ1n) is 4.91. The molecule has 1 N–H and O–H groups in total. The van der Waals surface area contributed by atoms with E-state index in [-0.39, 0.29) is 12.0 Å². The van der Waals surface area contributed by atoms with Gasteiger partial charge in [0, 0.05) is 6.54 Å². The Morgan fingerprint density at radius 2 is 2.33 bits per heavy atom. The van der Waals surface area contributed by atoms with Gasteiger partial charge in [-0.25, -0.2) is 0 Å². The van der Waals surface area contributed by atoms with E-state index >= 15 is 0 Å². The zero-order valence-corrected chi connectivity index (χ0v) is 8.93. The van der Waals surface area contributed by atoms with Crippen LogP contribution in [0.4, 0.5) is 0 Å². The van der Waals surface area contributed by atoms with Crippen molar-refractivity contribution in [2.75, 3.05) is 27.3 Å². The topological polar surface area (TPSA) is 41.9 Å². The van der Waals surface area contributed by atoms with Crippen LogP contribution in [0.25, 0.3) is 0 Å². The van der Waals surface area contributed by atoms with E-state index in [4.69, 9.17) is 9.47 Å². The van der Waals surface area contributed by atoms with E-state index in [1.54, 1.807) is 12.1 Å². The van der Waals surface area contributed by atoms with E-state index in [0.717, 1.165) is 18.7 Å². The van der Waals surface area contributed by atoms with Crippen molar-refractivity contribution >= 4 is 0 Å². The summed E-state index contributed by atoms with van der Waals surface area (Å²) in [5.74, 6) is 0.637. The van der Waals surface area contributed by atoms with Gasteiger partial charge in [-0.2, -0.15) is 0 Å². The van der Waals surface area contributed by atoms with Crippen LogP contribution in [0.5, 0.6) is 11.5 Å². The molecule has 15 heavy (non-hydrogen) atoms. The second-order valence-corrected chi connectivity index (χ2v) is 3.64. The first-order chi connectivity index (χ1) is 7.22. The molecule has 4 heteroatoms. The molecule has 1 unspecified atom stereocenters. The van der Waals surface area contributed by atoms with Gasteiger partial charge in [-0.15, -0.1) is 0 Å². The molecule has 0 spiro atoms. The molecule has 1 saturated heterocycles. The third-order valence-corrected chi connectivity index (χ3v) is 2.61. The molecule has 1 aromatic rings.